The predicted molar refractivity (Wildman–Crippen MR) is 117 cm³/mol. The van der Waals surface area contributed by atoms with E-state index in [4.69, 9.17) is 0 Å². The predicted octanol–water partition coefficient (Wildman–Crippen LogP) is 5.15. The lowest BCUT2D eigenvalue weighted by Crippen LogP contribution is -2.22. The molecule has 9 heteroatoms. The molecule has 1 aliphatic carbocycles. The van der Waals surface area contributed by atoms with E-state index < -0.39 is 5.25 Å². The van der Waals surface area contributed by atoms with Crippen molar-refractivity contribution in [2.75, 3.05) is 5.32 Å². The van der Waals surface area contributed by atoms with Crippen molar-refractivity contribution >= 4 is 44.4 Å². The standard InChI is InChI=1S/C21H18FN5OS2/c1-12(19(28)24-20-23-16-8-4-5-9-17(16)30-20)29-21-26-25-18(27(21)13-10-11-13)14-6-2-3-7-15(14)22/h2-9,12-13H,10-11H2,1H3,(H,23,24,28). The lowest BCUT2D eigenvalue weighted by Gasteiger charge is -2.12. The van der Waals surface area contributed by atoms with Gasteiger partial charge in [0.1, 0.15) is 5.82 Å². The molecule has 152 valence electrons. The number of carbonyl (C=O) groups excluding carboxylic acids is 1. The van der Waals surface area contributed by atoms with Crippen molar-refractivity contribution in [1.82, 2.24) is 19.7 Å². The third kappa shape index (κ3) is 3.70. The Labute approximate surface area is 180 Å². The number of nitrogens with one attached hydrogen (secondary N) is 1. The molecule has 0 bridgehead atoms. The van der Waals surface area contributed by atoms with Crippen LogP contribution in [0.1, 0.15) is 25.8 Å². The zero-order valence-corrected chi connectivity index (χ0v) is 17.7. The first-order chi connectivity index (χ1) is 14.6. The minimum absolute atomic E-state index is 0.156. The number of hydrogen-bond acceptors (Lipinski definition) is 6. The summed E-state index contributed by atoms with van der Waals surface area (Å²) in [7, 11) is 0. The average molecular weight is 440 g/mol. The number of carbonyl (C=O) groups is 1. The van der Waals surface area contributed by atoms with Gasteiger partial charge in [-0.05, 0) is 44.0 Å². The van der Waals surface area contributed by atoms with Gasteiger partial charge >= 0.3 is 0 Å². The van der Waals surface area contributed by atoms with E-state index in [0.29, 0.717) is 21.7 Å². The number of fused-ring (bicyclic) bond motifs is 1. The molecule has 1 unspecified atom stereocenters. The molecule has 2 aromatic carbocycles. The molecule has 1 fully saturated rings. The Bertz CT molecular complexity index is 1200. The maximum absolute atomic E-state index is 14.3. The van der Waals surface area contributed by atoms with Crippen LogP contribution in [0.4, 0.5) is 9.52 Å². The van der Waals surface area contributed by atoms with Crippen LogP contribution in [0.3, 0.4) is 0 Å². The molecular weight excluding hydrogens is 421 g/mol. The molecule has 1 aliphatic rings. The van der Waals surface area contributed by atoms with Crippen molar-refractivity contribution in [3.8, 4) is 11.4 Å². The highest BCUT2D eigenvalue weighted by Crippen LogP contribution is 2.42. The molecule has 30 heavy (non-hydrogen) atoms. The molecule has 0 aliphatic heterocycles. The van der Waals surface area contributed by atoms with Crippen LogP contribution in [0.15, 0.2) is 53.7 Å². The maximum atomic E-state index is 14.3. The molecule has 5 rings (SSSR count). The van der Waals surface area contributed by atoms with E-state index in [-0.39, 0.29) is 17.8 Å². The van der Waals surface area contributed by atoms with Crippen LogP contribution in [-0.2, 0) is 4.79 Å². The molecular formula is C21H18FN5OS2. The molecule has 2 heterocycles. The second-order valence-electron chi connectivity index (χ2n) is 7.12. The molecule has 0 spiro atoms. The third-order valence-corrected chi connectivity index (χ3v) is 6.88. The van der Waals surface area contributed by atoms with Gasteiger partial charge in [-0.1, -0.05) is 47.4 Å². The van der Waals surface area contributed by atoms with E-state index in [1.807, 2.05) is 35.8 Å². The summed E-state index contributed by atoms with van der Waals surface area (Å²) in [5, 5.41) is 12.2. The van der Waals surface area contributed by atoms with Crippen LogP contribution < -0.4 is 5.32 Å². The minimum atomic E-state index is -0.410. The summed E-state index contributed by atoms with van der Waals surface area (Å²) >= 11 is 2.77. The Morgan fingerprint density at radius 2 is 1.97 bits per heavy atom. The lowest BCUT2D eigenvalue weighted by atomic mass is 10.2. The SMILES string of the molecule is CC(Sc1nnc(-c2ccccc2F)n1C1CC1)C(=O)Nc1nc2ccccc2s1. The van der Waals surface area contributed by atoms with Crippen LogP contribution in [0.25, 0.3) is 21.6 Å². The van der Waals surface area contributed by atoms with E-state index in [2.05, 4.69) is 20.5 Å². The number of anilines is 1. The topological polar surface area (TPSA) is 72.7 Å². The summed E-state index contributed by atoms with van der Waals surface area (Å²) in [6.45, 7) is 1.82. The molecule has 0 radical (unpaired) electrons. The van der Waals surface area contributed by atoms with Crippen LogP contribution >= 0.6 is 23.1 Å². The van der Waals surface area contributed by atoms with E-state index in [9.17, 15) is 9.18 Å². The largest absolute Gasteiger partial charge is 0.301 e. The molecule has 1 amide bonds. The maximum Gasteiger partial charge on any atom is 0.239 e. The number of rotatable bonds is 6. The number of para-hydroxylation sites is 1. The second kappa shape index (κ2) is 7.81. The highest BCUT2D eigenvalue weighted by molar-refractivity contribution is 8.00. The number of halogens is 1. The Morgan fingerprint density at radius 3 is 2.73 bits per heavy atom. The number of nitrogens with zero attached hydrogens (tertiary/aromatic N) is 4. The summed E-state index contributed by atoms with van der Waals surface area (Å²) in [5.74, 6) is 0.0266. The zero-order chi connectivity index (χ0) is 20.7. The van der Waals surface area contributed by atoms with Crippen LogP contribution in [0.2, 0.25) is 0 Å². The normalized spacial score (nSPS) is 14.7. The second-order valence-corrected chi connectivity index (χ2v) is 9.46. The van der Waals surface area contributed by atoms with Crippen LogP contribution in [-0.4, -0.2) is 30.9 Å². The van der Waals surface area contributed by atoms with Gasteiger partial charge in [-0.25, -0.2) is 9.37 Å². The first kappa shape index (κ1) is 19.2. The number of thiazole rings is 1. The van der Waals surface area contributed by atoms with Gasteiger partial charge in [-0.3, -0.25) is 9.36 Å². The van der Waals surface area contributed by atoms with Gasteiger partial charge in [-0.15, -0.1) is 10.2 Å². The fourth-order valence-corrected chi connectivity index (χ4v) is 4.98. The zero-order valence-electron chi connectivity index (χ0n) is 16.1. The van der Waals surface area contributed by atoms with Crippen molar-refractivity contribution in [2.45, 2.75) is 36.2 Å². The van der Waals surface area contributed by atoms with Gasteiger partial charge in [0.25, 0.3) is 0 Å². The van der Waals surface area contributed by atoms with E-state index in [1.54, 1.807) is 18.2 Å². The third-order valence-electron chi connectivity index (χ3n) is 4.87. The highest BCUT2D eigenvalue weighted by Gasteiger charge is 2.32. The lowest BCUT2D eigenvalue weighted by molar-refractivity contribution is -0.115. The fraction of sp³-hybridized carbons (Fsp3) is 0.238. The van der Waals surface area contributed by atoms with Crippen molar-refractivity contribution in [3.05, 3.63) is 54.3 Å². The Kier molecular flexibility index (Phi) is 5.00. The fourth-order valence-electron chi connectivity index (χ4n) is 3.19. The van der Waals surface area contributed by atoms with Crippen molar-refractivity contribution in [3.63, 3.8) is 0 Å². The number of hydrogen-bond donors (Lipinski definition) is 1. The Morgan fingerprint density at radius 1 is 1.20 bits per heavy atom. The number of benzene rings is 2. The smallest absolute Gasteiger partial charge is 0.239 e. The van der Waals surface area contributed by atoms with Crippen LogP contribution in [0.5, 0.6) is 0 Å². The summed E-state index contributed by atoms with van der Waals surface area (Å²) in [6.07, 6.45) is 2.00. The molecule has 0 saturated heterocycles. The number of aromatic nitrogens is 4. The first-order valence-corrected chi connectivity index (χ1v) is 11.3. The number of amides is 1. The Balaban J connectivity index is 1.36. The van der Waals surface area contributed by atoms with Gasteiger partial charge in [-0.2, -0.15) is 0 Å². The van der Waals surface area contributed by atoms with Gasteiger partial charge in [0.15, 0.2) is 16.1 Å². The summed E-state index contributed by atoms with van der Waals surface area (Å²) < 4.78 is 17.3. The average Bonchev–Trinajstić information content (AvgIpc) is 3.36. The van der Waals surface area contributed by atoms with Crippen molar-refractivity contribution in [1.29, 1.82) is 0 Å². The molecule has 1 N–H and O–H groups in total. The summed E-state index contributed by atoms with van der Waals surface area (Å²) in [4.78, 5) is 17.2. The molecule has 1 atom stereocenters. The number of thioether (sulfide) groups is 1. The highest BCUT2D eigenvalue weighted by atomic mass is 32.2. The van der Waals surface area contributed by atoms with Crippen molar-refractivity contribution < 1.29 is 9.18 Å². The van der Waals surface area contributed by atoms with Gasteiger partial charge in [0.05, 0.1) is 21.0 Å². The molecule has 2 aromatic heterocycles. The quantitative estimate of drug-likeness (QED) is 0.421. The molecule has 4 aromatic rings. The van der Waals surface area contributed by atoms with Crippen molar-refractivity contribution in [2.24, 2.45) is 0 Å². The van der Waals surface area contributed by atoms with E-state index in [1.165, 1.54) is 29.2 Å². The van der Waals surface area contributed by atoms with E-state index in [0.717, 1.165) is 23.1 Å². The van der Waals surface area contributed by atoms with Gasteiger partial charge < -0.3 is 5.32 Å². The van der Waals surface area contributed by atoms with Gasteiger partial charge in [0.2, 0.25) is 5.91 Å². The van der Waals surface area contributed by atoms with Crippen LogP contribution in [0, 0.1) is 5.82 Å². The monoisotopic (exact) mass is 439 g/mol. The summed E-state index contributed by atoms with van der Waals surface area (Å²) in [5.41, 5.74) is 1.29. The van der Waals surface area contributed by atoms with Gasteiger partial charge in [0, 0.05) is 6.04 Å². The minimum Gasteiger partial charge on any atom is -0.301 e. The van der Waals surface area contributed by atoms with E-state index >= 15 is 0 Å². The molecule has 6 nitrogen and oxygen atoms in total. The Hall–Kier alpha value is -2.78. The summed E-state index contributed by atoms with van der Waals surface area (Å²) in [6, 6.07) is 14.6. The molecule has 1 saturated carbocycles. The first-order valence-electron chi connectivity index (χ1n) is 9.63.